The molecule has 0 fully saturated rings. The van der Waals surface area contributed by atoms with Crippen LogP contribution in [-0.4, -0.2) is 62.2 Å². The van der Waals surface area contributed by atoms with Gasteiger partial charge in [0.25, 0.3) is 19.1 Å². The highest BCUT2D eigenvalue weighted by Crippen LogP contribution is 2.25. The number of carbonyl (C=O) groups excluding carboxylic acids is 1. The van der Waals surface area contributed by atoms with Crippen LogP contribution in [0.3, 0.4) is 0 Å². The molecule has 3 aromatic heterocycles. The van der Waals surface area contributed by atoms with Gasteiger partial charge in [-0.3, -0.25) is 14.3 Å². The van der Waals surface area contributed by atoms with E-state index in [1.54, 1.807) is 25.5 Å². The van der Waals surface area contributed by atoms with Crippen molar-refractivity contribution < 1.29 is 26.4 Å². The third-order valence-electron chi connectivity index (χ3n) is 5.25. The van der Waals surface area contributed by atoms with E-state index in [2.05, 4.69) is 15.3 Å². The zero-order chi connectivity index (χ0) is 28.6. The normalized spacial score (nSPS) is 14.0. The monoisotopic (exact) mass is 589 g/mol. The smallest absolute Gasteiger partial charge is 0.410 e. The van der Waals surface area contributed by atoms with Gasteiger partial charge in [-0.2, -0.15) is 27.8 Å². The lowest BCUT2D eigenvalue weighted by Crippen LogP contribution is -2.33. The van der Waals surface area contributed by atoms with E-state index in [1.807, 2.05) is 27.7 Å². The van der Waals surface area contributed by atoms with Crippen molar-refractivity contribution in [2.24, 2.45) is 0 Å². The highest BCUT2D eigenvalue weighted by Gasteiger charge is 2.32. The molecule has 0 N–H and O–H groups in total. The maximum atomic E-state index is 12.7. The van der Waals surface area contributed by atoms with E-state index in [0.717, 1.165) is 4.09 Å². The lowest BCUT2D eigenvalue weighted by molar-refractivity contribution is 0.0239. The van der Waals surface area contributed by atoms with Crippen LogP contribution in [0, 0.1) is 0 Å². The van der Waals surface area contributed by atoms with Crippen LogP contribution in [0.25, 0.3) is 0 Å². The Morgan fingerprint density at radius 1 is 0.921 bits per heavy atom. The van der Waals surface area contributed by atoms with Crippen molar-refractivity contribution in [1.29, 1.82) is 0 Å². The first-order chi connectivity index (χ1) is 17.4. The number of carbonyl (C=O) groups is 1. The number of hydrogen-bond acceptors (Lipinski definition) is 9. The molecule has 3 aromatic rings. The second kappa shape index (κ2) is 10.7. The molecule has 1 aliphatic heterocycles. The summed E-state index contributed by atoms with van der Waals surface area (Å²) in [7, 11) is -2.34. The molecule has 4 rings (SSSR count). The van der Waals surface area contributed by atoms with Crippen molar-refractivity contribution in [3.05, 3.63) is 42.2 Å². The van der Waals surface area contributed by atoms with Gasteiger partial charge in [0, 0.05) is 46.9 Å². The Labute approximate surface area is 226 Å². The van der Waals surface area contributed by atoms with Gasteiger partial charge in [0.05, 0.1) is 31.2 Å². The number of rotatable bonds is 5. The van der Waals surface area contributed by atoms with Gasteiger partial charge in [-0.1, -0.05) is 0 Å². The van der Waals surface area contributed by atoms with Crippen LogP contribution in [0.5, 0.6) is 0 Å². The highest BCUT2D eigenvalue weighted by atomic mass is 35.7. The van der Waals surface area contributed by atoms with E-state index >= 15 is 0 Å². The molecule has 0 radical (unpaired) electrons. The van der Waals surface area contributed by atoms with Crippen molar-refractivity contribution in [3.8, 4) is 0 Å². The second-order valence-corrected chi connectivity index (χ2v) is 14.6. The Morgan fingerprint density at radius 2 is 1.45 bits per heavy atom. The third kappa shape index (κ3) is 6.94. The molecule has 0 spiro atoms. The molecule has 4 heterocycles. The summed E-state index contributed by atoms with van der Waals surface area (Å²) in [4.78, 5) is 13.8. The van der Waals surface area contributed by atoms with Gasteiger partial charge in [-0.25, -0.2) is 13.2 Å². The Morgan fingerprint density at radius 3 is 1.87 bits per heavy atom. The standard InChI is InChI=1S/C16H23N5O4S.C6H9ClN2O2S/c1-11(2)20-9-13(6-17-20)26(23,24)21-8-12-7-19(10-14(12)18-21)15(22)25-16(3,4)5;1-5(2)9-4-6(3-8-9)12(7,10)11/h6,8-9,11H,7,10H2,1-5H3;3-5H,1-2H3. The molecular formula is C22H32ClN7O6S2. The summed E-state index contributed by atoms with van der Waals surface area (Å²) in [5, 5.41) is 12.1. The fourth-order valence-corrected chi connectivity index (χ4v) is 5.03. The number of fused-ring (bicyclic) bond motifs is 1. The summed E-state index contributed by atoms with van der Waals surface area (Å²) in [6.45, 7) is 13.5. The molecule has 0 aromatic carbocycles. The van der Waals surface area contributed by atoms with Gasteiger partial charge in [-0.05, 0) is 48.5 Å². The van der Waals surface area contributed by atoms with Gasteiger partial charge in [-0.15, -0.1) is 0 Å². The van der Waals surface area contributed by atoms with Gasteiger partial charge < -0.3 is 4.74 Å². The molecule has 0 aliphatic carbocycles. The van der Waals surface area contributed by atoms with E-state index in [4.69, 9.17) is 15.4 Å². The van der Waals surface area contributed by atoms with Gasteiger partial charge >= 0.3 is 6.09 Å². The van der Waals surface area contributed by atoms with E-state index in [1.165, 1.54) is 40.6 Å². The van der Waals surface area contributed by atoms with Crippen LogP contribution in [0.1, 0.15) is 71.8 Å². The molecule has 0 saturated carbocycles. The minimum atomic E-state index is -3.81. The minimum absolute atomic E-state index is 0.0397. The number of hydrogen-bond donors (Lipinski definition) is 0. The molecule has 0 unspecified atom stereocenters. The molecule has 1 amide bonds. The van der Waals surface area contributed by atoms with Crippen LogP contribution in [0.4, 0.5) is 4.79 Å². The molecule has 0 saturated heterocycles. The number of aromatic nitrogens is 6. The topological polar surface area (TPSA) is 151 Å². The molecule has 38 heavy (non-hydrogen) atoms. The maximum Gasteiger partial charge on any atom is 0.410 e. The van der Waals surface area contributed by atoms with Gasteiger partial charge in [0.2, 0.25) is 0 Å². The van der Waals surface area contributed by atoms with Crippen molar-refractivity contribution in [2.75, 3.05) is 0 Å². The highest BCUT2D eigenvalue weighted by molar-refractivity contribution is 8.13. The third-order valence-corrected chi connectivity index (χ3v) is 8.04. The predicted octanol–water partition coefficient (Wildman–Crippen LogP) is 3.54. The summed E-state index contributed by atoms with van der Waals surface area (Å²) in [5.74, 6) is 0. The average molecular weight is 590 g/mol. The molecule has 210 valence electrons. The van der Waals surface area contributed by atoms with E-state index < -0.39 is 30.8 Å². The van der Waals surface area contributed by atoms with Crippen LogP contribution in [-0.2, 0) is 36.9 Å². The van der Waals surface area contributed by atoms with E-state index in [-0.39, 0.29) is 35.0 Å². The SMILES string of the molecule is CC(C)n1cc(S(=O)(=O)Cl)cn1.CC(C)n1cc(S(=O)(=O)n2cc3c(n2)CN(C(=O)OC(C)(C)C)C3)cn1. The lowest BCUT2D eigenvalue weighted by Gasteiger charge is -2.24. The first kappa shape index (κ1) is 29.6. The zero-order valence-electron chi connectivity index (χ0n) is 22.2. The zero-order valence-corrected chi connectivity index (χ0v) is 24.6. The van der Waals surface area contributed by atoms with Crippen molar-refractivity contribution >= 4 is 35.8 Å². The Hall–Kier alpha value is -2.91. The number of nitrogens with zero attached hydrogens (tertiary/aromatic N) is 7. The van der Waals surface area contributed by atoms with Crippen LogP contribution >= 0.6 is 10.7 Å². The van der Waals surface area contributed by atoms with Gasteiger partial charge in [0.1, 0.15) is 15.4 Å². The van der Waals surface area contributed by atoms with E-state index in [9.17, 15) is 21.6 Å². The number of amides is 1. The number of halogens is 1. The fraction of sp³-hybridized carbons (Fsp3) is 0.545. The van der Waals surface area contributed by atoms with Crippen LogP contribution in [0.15, 0.2) is 40.8 Å². The first-order valence-corrected chi connectivity index (χ1v) is 15.5. The summed E-state index contributed by atoms with van der Waals surface area (Å²) >= 11 is 0. The first-order valence-electron chi connectivity index (χ1n) is 11.7. The molecular weight excluding hydrogens is 558 g/mol. The molecule has 16 heteroatoms. The van der Waals surface area contributed by atoms with Gasteiger partial charge in [0.15, 0.2) is 0 Å². The van der Waals surface area contributed by atoms with Crippen molar-refractivity contribution in [1.82, 2.24) is 33.6 Å². The summed E-state index contributed by atoms with van der Waals surface area (Å²) in [5.41, 5.74) is 0.656. The summed E-state index contributed by atoms with van der Waals surface area (Å²) in [6.07, 6.45) is 6.45. The van der Waals surface area contributed by atoms with Crippen LogP contribution in [0.2, 0.25) is 0 Å². The van der Waals surface area contributed by atoms with Crippen molar-refractivity contribution in [2.45, 2.75) is 89.0 Å². The molecule has 0 bridgehead atoms. The fourth-order valence-electron chi connectivity index (χ4n) is 3.28. The minimum Gasteiger partial charge on any atom is -0.444 e. The lowest BCUT2D eigenvalue weighted by atomic mass is 10.2. The average Bonchev–Trinajstić information content (AvgIpc) is 3.55. The Balaban J connectivity index is 0.000000279. The number of ether oxygens (including phenoxy) is 1. The Bertz CT molecular complexity index is 1490. The van der Waals surface area contributed by atoms with Crippen molar-refractivity contribution in [3.63, 3.8) is 0 Å². The molecule has 0 atom stereocenters. The summed E-state index contributed by atoms with van der Waals surface area (Å²) in [6, 6.07) is 0.195. The molecule has 1 aliphatic rings. The summed E-state index contributed by atoms with van der Waals surface area (Å²) < 4.78 is 56.4. The molecule has 13 nitrogen and oxygen atoms in total. The van der Waals surface area contributed by atoms with E-state index in [0.29, 0.717) is 11.3 Å². The largest absolute Gasteiger partial charge is 0.444 e. The van der Waals surface area contributed by atoms with Crippen LogP contribution < -0.4 is 0 Å². The quantitative estimate of drug-likeness (QED) is 0.407. The second-order valence-electron chi connectivity index (χ2n) is 10.3. The maximum absolute atomic E-state index is 12.7. The predicted molar refractivity (Wildman–Crippen MR) is 139 cm³/mol. The Kier molecular flexibility index (Phi) is 8.34.